The van der Waals surface area contributed by atoms with Crippen LogP contribution < -0.4 is 9.47 Å². The van der Waals surface area contributed by atoms with Gasteiger partial charge in [0, 0.05) is 43.9 Å². The molecule has 8 nitrogen and oxygen atoms in total. The highest BCUT2D eigenvalue weighted by atomic mass is 32.2. The number of nitrogens with zero attached hydrogens (tertiary/aromatic N) is 2. The lowest BCUT2D eigenvalue weighted by molar-refractivity contribution is -0.139. The number of rotatable bonds is 8. The van der Waals surface area contributed by atoms with Crippen molar-refractivity contribution >= 4 is 34.2 Å². The molecule has 0 aromatic heterocycles. The largest absolute Gasteiger partial charge is 0.508 e. The third-order valence-electron chi connectivity index (χ3n) is 6.70. The summed E-state index contributed by atoms with van der Waals surface area (Å²) in [6, 6.07) is 14.1. The zero-order valence-corrected chi connectivity index (χ0v) is 23.7. The summed E-state index contributed by atoms with van der Waals surface area (Å²) in [7, 11) is -1.42. The van der Waals surface area contributed by atoms with Gasteiger partial charge in [0.05, 0.1) is 24.7 Å². The molecule has 12 heteroatoms. The molecule has 4 rings (SSSR count). The molecule has 1 aliphatic heterocycles. The van der Waals surface area contributed by atoms with Gasteiger partial charge in [-0.1, -0.05) is 36.4 Å². The van der Waals surface area contributed by atoms with E-state index in [1.165, 1.54) is 31.3 Å². The van der Waals surface area contributed by atoms with E-state index in [0.717, 1.165) is 28.1 Å². The van der Waals surface area contributed by atoms with Crippen LogP contribution in [0.5, 0.6) is 17.2 Å². The average Bonchev–Trinajstić information content (AvgIpc) is 2.99. The lowest BCUT2D eigenvalue weighted by atomic mass is 10.0. The zero-order valence-electron chi connectivity index (χ0n) is 22.8. The number of halogens is 3. The Morgan fingerprint density at radius 3 is 2.19 bits per heavy atom. The number of amides is 1. The number of alkyl halides is 3. The molecule has 1 saturated heterocycles. The number of sulfonamides is 1. The molecule has 0 atom stereocenters. The zero-order chi connectivity index (χ0) is 30.5. The molecule has 1 N–H and O–H groups in total. The van der Waals surface area contributed by atoms with E-state index >= 15 is 0 Å². The molecule has 0 unspecified atom stereocenters. The number of piperazine rings is 1. The van der Waals surface area contributed by atoms with E-state index in [2.05, 4.69) is 0 Å². The molecular weight excluding hydrogens is 573 g/mol. The molecule has 0 spiro atoms. The first-order valence-corrected chi connectivity index (χ1v) is 14.2. The lowest BCUT2D eigenvalue weighted by Crippen LogP contribution is -2.50. The van der Waals surface area contributed by atoms with Crippen LogP contribution in [0.1, 0.15) is 22.3 Å². The van der Waals surface area contributed by atoms with Crippen molar-refractivity contribution in [2.24, 2.45) is 0 Å². The molecule has 0 radical (unpaired) electrons. The SMILES string of the molecule is COc1cc(/C=C/c2ccc(O)cc2)c(/C=C/C(=O)N2CCN(S(=O)(=O)c3ccccc3C(F)(F)F)CC2)c(OC)c1. The fourth-order valence-electron chi connectivity index (χ4n) is 4.47. The summed E-state index contributed by atoms with van der Waals surface area (Å²) in [6.07, 6.45) is 1.73. The van der Waals surface area contributed by atoms with Gasteiger partial charge in [-0.3, -0.25) is 4.79 Å². The minimum Gasteiger partial charge on any atom is -0.508 e. The maximum atomic E-state index is 13.4. The van der Waals surface area contributed by atoms with Gasteiger partial charge >= 0.3 is 6.18 Å². The fourth-order valence-corrected chi connectivity index (χ4v) is 6.10. The van der Waals surface area contributed by atoms with E-state index in [0.29, 0.717) is 22.6 Å². The van der Waals surface area contributed by atoms with Crippen LogP contribution in [0.4, 0.5) is 13.2 Å². The summed E-state index contributed by atoms with van der Waals surface area (Å²) in [6.45, 7) is -0.297. The Morgan fingerprint density at radius 1 is 0.905 bits per heavy atom. The van der Waals surface area contributed by atoms with Gasteiger partial charge in [-0.2, -0.15) is 17.5 Å². The number of phenolic OH excluding ortho intramolecular Hbond substituents is 1. The third kappa shape index (κ3) is 6.94. The Hall–Kier alpha value is -4.29. The summed E-state index contributed by atoms with van der Waals surface area (Å²) in [5.74, 6) is 0.726. The van der Waals surface area contributed by atoms with E-state index in [9.17, 15) is 31.5 Å². The third-order valence-corrected chi connectivity index (χ3v) is 8.66. The van der Waals surface area contributed by atoms with E-state index in [-0.39, 0.29) is 31.9 Å². The molecule has 1 heterocycles. The molecule has 1 fully saturated rings. The predicted octanol–water partition coefficient (Wildman–Crippen LogP) is 5.14. The normalized spacial score (nSPS) is 14.9. The number of hydrogen-bond donors (Lipinski definition) is 1. The molecule has 222 valence electrons. The Bertz CT molecular complexity index is 1590. The minimum absolute atomic E-state index is 0.00392. The smallest absolute Gasteiger partial charge is 0.417 e. The second-order valence-electron chi connectivity index (χ2n) is 9.31. The van der Waals surface area contributed by atoms with Crippen molar-refractivity contribution in [3.8, 4) is 17.2 Å². The first-order chi connectivity index (χ1) is 19.9. The van der Waals surface area contributed by atoms with Crippen LogP contribution in [-0.4, -0.2) is 69.0 Å². The minimum atomic E-state index is -4.83. The van der Waals surface area contributed by atoms with Crippen LogP contribution in [0.15, 0.2) is 71.6 Å². The van der Waals surface area contributed by atoms with E-state index in [1.54, 1.807) is 42.5 Å². The molecule has 0 aliphatic carbocycles. The molecule has 1 aliphatic rings. The average molecular weight is 603 g/mol. The van der Waals surface area contributed by atoms with E-state index in [1.807, 2.05) is 12.2 Å². The first-order valence-electron chi connectivity index (χ1n) is 12.8. The number of ether oxygens (including phenoxy) is 2. The summed E-state index contributed by atoms with van der Waals surface area (Å²) in [4.78, 5) is 13.7. The lowest BCUT2D eigenvalue weighted by Gasteiger charge is -2.34. The van der Waals surface area contributed by atoms with Crippen molar-refractivity contribution < 1.29 is 41.0 Å². The standard InChI is InChI=1S/C30H29F3N2O6S/c1-40-24-19-22(10-7-21-8-11-23(36)12-9-21)25(27(20-24)41-2)13-14-29(37)34-15-17-35(18-16-34)42(38,39)28-6-4-3-5-26(28)30(31,32)33/h3-14,19-20,36H,15-18H2,1-2H3/b10-7+,14-13+. The van der Waals surface area contributed by atoms with Gasteiger partial charge in [-0.15, -0.1) is 0 Å². The fraction of sp³-hybridized carbons (Fsp3) is 0.233. The topological polar surface area (TPSA) is 96.4 Å². The van der Waals surface area contributed by atoms with Crippen molar-refractivity contribution in [1.82, 2.24) is 9.21 Å². The molecule has 0 bridgehead atoms. The number of methoxy groups -OCH3 is 2. The molecule has 3 aromatic carbocycles. The number of phenols is 1. The first kappa shape index (κ1) is 30.7. The van der Waals surface area contributed by atoms with Crippen molar-refractivity contribution in [1.29, 1.82) is 0 Å². The van der Waals surface area contributed by atoms with Gasteiger partial charge in [0.2, 0.25) is 15.9 Å². The van der Waals surface area contributed by atoms with Crippen LogP contribution in [0.25, 0.3) is 18.2 Å². The highest BCUT2D eigenvalue weighted by molar-refractivity contribution is 7.89. The summed E-state index contributed by atoms with van der Waals surface area (Å²) >= 11 is 0. The number of hydrogen-bond acceptors (Lipinski definition) is 6. The second-order valence-corrected chi connectivity index (χ2v) is 11.2. The number of aromatic hydroxyl groups is 1. The summed E-state index contributed by atoms with van der Waals surface area (Å²) < 4.78 is 78.3. The second kappa shape index (κ2) is 12.7. The van der Waals surface area contributed by atoms with Gasteiger partial charge in [0.25, 0.3) is 0 Å². The van der Waals surface area contributed by atoms with Gasteiger partial charge in [-0.05, 0) is 47.5 Å². The molecule has 42 heavy (non-hydrogen) atoms. The number of benzene rings is 3. The van der Waals surface area contributed by atoms with Gasteiger partial charge < -0.3 is 19.5 Å². The summed E-state index contributed by atoms with van der Waals surface area (Å²) in [5.41, 5.74) is 0.871. The number of carbonyl (C=O) groups is 1. The Morgan fingerprint density at radius 2 is 1.57 bits per heavy atom. The monoisotopic (exact) mass is 602 g/mol. The molecule has 3 aromatic rings. The maximum Gasteiger partial charge on any atom is 0.417 e. The van der Waals surface area contributed by atoms with Crippen LogP contribution in [0.2, 0.25) is 0 Å². The number of carbonyl (C=O) groups excluding carboxylic acids is 1. The highest BCUT2D eigenvalue weighted by Crippen LogP contribution is 2.35. The van der Waals surface area contributed by atoms with Gasteiger partial charge in [0.1, 0.15) is 17.2 Å². The molecular formula is C30H29F3N2O6S. The highest BCUT2D eigenvalue weighted by Gasteiger charge is 2.39. The van der Waals surface area contributed by atoms with E-state index in [4.69, 9.17) is 9.47 Å². The molecule has 1 amide bonds. The van der Waals surface area contributed by atoms with Crippen LogP contribution in [-0.2, 0) is 21.0 Å². The Labute approximate surface area is 241 Å². The quantitative estimate of drug-likeness (QED) is 0.283. The maximum absolute atomic E-state index is 13.4. The van der Waals surface area contributed by atoms with Crippen molar-refractivity contribution in [2.45, 2.75) is 11.1 Å². The Kier molecular flexibility index (Phi) is 9.27. The van der Waals surface area contributed by atoms with Crippen molar-refractivity contribution in [2.75, 3.05) is 40.4 Å². The van der Waals surface area contributed by atoms with Gasteiger partial charge in [0.15, 0.2) is 0 Å². The van der Waals surface area contributed by atoms with E-state index < -0.39 is 32.6 Å². The Balaban J connectivity index is 1.51. The van der Waals surface area contributed by atoms with Crippen molar-refractivity contribution in [3.63, 3.8) is 0 Å². The van der Waals surface area contributed by atoms with Crippen LogP contribution in [0.3, 0.4) is 0 Å². The van der Waals surface area contributed by atoms with Crippen molar-refractivity contribution in [3.05, 3.63) is 89.0 Å². The van der Waals surface area contributed by atoms with Crippen LogP contribution >= 0.6 is 0 Å². The predicted molar refractivity (Wildman–Crippen MR) is 152 cm³/mol. The molecule has 0 saturated carbocycles. The summed E-state index contributed by atoms with van der Waals surface area (Å²) in [5, 5.41) is 9.52. The van der Waals surface area contributed by atoms with Crippen LogP contribution in [0, 0.1) is 0 Å². The van der Waals surface area contributed by atoms with Gasteiger partial charge in [-0.25, -0.2) is 8.42 Å².